The van der Waals surface area contributed by atoms with Gasteiger partial charge in [-0.1, -0.05) is 18.2 Å². The van der Waals surface area contributed by atoms with E-state index in [1.54, 1.807) is 7.11 Å². The van der Waals surface area contributed by atoms with Crippen molar-refractivity contribution in [2.45, 2.75) is 38.0 Å². The normalized spacial score (nSPS) is 25.0. The molecule has 2 atom stereocenters. The van der Waals surface area contributed by atoms with Crippen LogP contribution in [0.25, 0.3) is 10.9 Å². The highest BCUT2D eigenvalue weighted by Gasteiger charge is 2.39. The second-order valence-corrected chi connectivity index (χ2v) is 6.93. The van der Waals surface area contributed by atoms with Crippen LogP contribution in [-0.4, -0.2) is 59.6 Å². The zero-order valence-corrected chi connectivity index (χ0v) is 14.2. The molecule has 2 fully saturated rings. The van der Waals surface area contributed by atoms with Crippen molar-refractivity contribution >= 4 is 16.8 Å². The number of hydrogen-bond acceptors (Lipinski definition) is 3. The van der Waals surface area contributed by atoms with Crippen LogP contribution in [0.1, 0.15) is 24.8 Å². The van der Waals surface area contributed by atoms with Gasteiger partial charge in [0.15, 0.2) is 0 Å². The number of aromatic amines is 1. The summed E-state index contributed by atoms with van der Waals surface area (Å²) in [6.45, 7) is 3.42. The fraction of sp³-hybridized carbons (Fsp3) is 0.526. The smallest absolute Gasteiger partial charge is 0.240 e. The molecule has 128 valence electrons. The van der Waals surface area contributed by atoms with Crippen molar-refractivity contribution in [3.8, 4) is 0 Å². The number of aromatic nitrogens is 1. The van der Waals surface area contributed by atoms with Gasteiger partial charge in [-0.25, -0.2) is 0 Å². The van der Waals surface area contributed by atoms with E-state index in [0.717, 1.165) is 45.4 Å². The van der Waals surface area contributed by atoms with E-state index in [0.29, 0.717) is 0 Å². The summed E-state index contributed by atoms with van der Waals surface area (Å²) in [6, 6.07) is 8.39. The van der Waals surface area contributed by atoms with E-state index in [1.807, 2.05) is 11.1 Å². The number of H-pyrrole nitrogens is 1. The monoisotopic (exact) mass is 327 g/mol. The first-order chi connectivity index (χ1) is 11.8. The summed E-state index contributed by atoms with van der Waals surface area (Å²) in [4.78, 5) is 20.6. The Labute approximate surface area is 142 Å². The summed E-state index contributed by atoms with van der Waals surface area (Å²) >= 11 is 0. The Balaban J connectivity index is 1.57. The average molecular weight is 327 g/mol. The van der Waals surface area contributed by atoms with Crippen LogP contribution in [0.15, 0.2) is 30.5 Å². The maximum Gasteiger partial charge on any atom is 0.240 e. The molecule has 0 aliphatic carbocycles. The molecule has 0 saturated carbocycles. The molecule has 2 aliphatic rings. The quantitative estimate of drug-likeness (QED) is 0.938. The number of methoxy groups -OCH3 is 1. The van der Waals surface area contributed by atoms with Crippen molar-refractivity contribution in [2.24, 2.45) is 0 Å². The molecule has 1 amide bonds. The van der Waals surface area contributed by atoms with E-state index in [1.165, 1.54) is 16.5 Å². The first kappa shape index (κ1) is 15.7. The van der Waals surface area contributed by atoms with Crippen molar-refractivity contribution in [1.82, 2.24) is 14.8 Å². The Morgan fingerprint density at radius 1 is 1.29 bits per heavy atom. The van der Waals surface area contributed by atoms with Crippen LogP contribution in [0.2, 0.25) is 0 Å². The van der Waals surface area contributed by atoms with E-state index in [4.69, 9.17) is 4.74 Å². The summed E-state index contributed by atoms with van der Waals surface area (Å²) in [5.41, 5.74) is 2.42. The molecule has 24 heavy (non-hydrogen) atoms. The standard InChI is InChI=1S/C19H25N3O2/c1-24-16-11-17(19(23)21-9-2-3-10-21)22(13-16)12-15-6-4-5-14-7-8-20-18(14)15/h4-8,16-17,20H,2-3,9-13H2,1H3/t16-,17-/m0/s1. The third-order valence-corrected chi connectivity index (χ3v) is 5.45. The Morgan fingerprint density at radius 3 is 2.92 bits per heavy atom. The number of amides is 1. The largest absolute Gasteiger partial charge is 0.380 e. The van der Waals surface area contributed by atoms with E-state index >= 15 is 0 Å². The first-order valence-corrected chi connectivity index (χ1v) is 8.87. The number of likely N-dealkylation sites (tertiary alicyclic amines) is 2. The summed E-state index contributed by atoms with van der Waals surface area (Å²) in [6.07, 6.45) is 5.18. The fourth-order valence-electron chi connectivity index (χ4n) is 4.11. The molecule has 2 saturated heterocycles. The van der Waals surface area contributed by atoms with E-state index in [-0.39, 0.29) is 18.1 Å². The summed E-state index contributed by atoms with van der Waals surface area (Å²) in [5, 5.41) is 1.22. The van der Waals surface area contributed by atoms with Crippen LogP contribution in [-0.2, 0) is 16.1 Å². The van der Waals surface area contributed by atoms with Gasteiger partial charge in [0.25, 0.3) is 0 Å². The number of carbonyl (C=O) groups excluding carboxylic acids is 1. The number of carbonyl (C=O) groups is 1. The number of nitrogens with one attached hydrogen (secondary N) is 1. The van der Waals surface area contributed by atoms with Gasteiger partial charge in [-0.3, -0.25) is 9.69 Å². The van der Waals surface area contributed by atoms with Gasteiger partial charge in [0.2, 0.25) is 5.91 Å². The molecule has 1 aromatic carbocycles. The van der Waals surface area contributed by atoms with Crippen LogP contribution in [0, 0.1) is 0 Å². The average Bonchev–Trinajstić information content (AvgIpc) is 3.34. The molecule has 0 radical (unpaired) electrons. The molecule has 2 aromatic rings. The zero-order chi connectivity index (χ0) is 16.5. The molecule has 4 rings (SSSR count). The van der Waals surface area contributed by atoms with Gasteiger partial charge in [-0.2, -0.15) is 0 Å². The summed E-state index contributed by atoms with van der Waals surface area (Å²) < 4.78 is 5.57. The molecule has 1 aromatic heterocycles. The maximum absolute atomic E-state index is 12.9. The third-order valence-electron chi connectivity index (χ3n) is 5.45. The minimum atomic E-state index is -0.0572. The highest BCUT2D eigenvalue weighted by Crippen LogP contribution is 2.27. The van der Waals surface area contributed by atoms with Crippen molar-refractivity contribution in [3.05, 3.63) is 36.0 Å². The minimum Gasteiger partial charge on any atom is -0.380 e. The van der Waals surface area contributed by atoms with Crippen LogP contribution in [0.4, 0.5) is 0 Å². The predicted molar refractivity (Wildman–Crippen MR) is 93.7 cm³/mol. The van der Waals surface area contributed by atoms with E-state index in [2.05, 4.69) is 34.1 Å². The highest BCUT2D eigenvalue weighted by molar-refractivity contribution is 5.84. The van der Waals surface area contributed by atoms with Crippen molar-refractivity contribution in [1.29, 1.82) is 0 Å². The van der Waals surface area contributed by atoms with Gasteiger partial charge >= 0.3 is 0 Å². The topological polar surface area (TPSA) is 48.6 Å². The highest BCUT2D eigenvalue weighted by atomic mass is 16.5. The zero-order valence-electron chi connectivity index (χ0n) is 14.2. The Hall–Kier alpha value is -1.85. The Kier molecular flexibility index (Phi) is 4.29. The second kappa shape index (κ2) is 6.57. The molecule has 5 heteroatoms. The second-order valence-electron chi connectivity index (χ2n) is 6.93. The van der Waals surface area contributed by atoms with Crippen molar-refractivity contribution in [3.63, 3.8) is 0 Å². The number of fused-ring (bicyclic) bond motifs is 1. The lowest BCUT2D eigenvalue weighted by molar-refractivity contribution is -0.135. The maximum atomic E-state index is 12.9. The van der Waals surface area contributed by atoms with Crippen LogP contribution in [0.5, 0.6) is 0 Å². The number of hydrogen-bond donors (Lipinski definition) is 1. The fourth-order valence-corrected chi connectivity index (χ4v) is 4.11. The number of ether oxygens (including phenoxy) is 1. The minimum absolute atomic E-state index is 0.0572. The van der Waals surface area contributed by atoms with E-state index in [9.17, 15) is 4.79 Å². The SMILES string of the molecule is CO[C@H]1C[C@@H](C(=O)N2CCCC2)N(Cc2cccc3cc[nH]c23)C1. The van der Waals surface area contributed by atoms with Crippen LogP contribution < -0.4 is 0 Å². The molecule has 0 bridgehead atoms. The van der Waals surface area contributed by atoms with E-state index < -0.39 is 0 Å². The molecular weight excluding hydrogens is 302 g/mol. The Morgan fingerprint density at radius 2 is 2.12 bits per heavy atom. The van der Waals surface area contributed by atoms with Crippen molar-refractivity contribution in [2.75, 3.05) is 26.7 Å². The molecule has 0 unspecified atom stereocenters. The summed E-state index contributed by atoms with van der Waals surface area (Å²) in [7, 11) is 1.75. The molecule has 1 N–H and O–H groups in total. The number of rotatable bonds is 4. The van der Waals surface area contributed by atoms with Crippen molar-refractivity contribution < 1.29 is 9.53 Å². The third kappa shape index (κ3) is 2.82. The molecule has 0 spiro atoms. The predicted octanol–water partition coefficient (Wildman–Crippen LogP) is 2.38. The van der Waals surface area contributed by atoms with Gasteiger partial charge in [0.1, 0.15) is 0 Å². The summed E-state index contributed by atoms with van der Waals surface area (Å²) in [5.74, 6) is 0.283. The number of benzene rings is 1. The first-order valence-electron chi connectivity index (χ1n) is 8.87. The molecule has 2 aliphatic heterocycles. The number of nitrogens with zero attached hydrogens (tertiary/aromatic N) is 2. The molecule has 5 nitrogen and oxygen atoms in total. The van der Waals surface area contributed by atoms with Gasteiger partial charge in [-0.15, -0.1) is 0 Å². The molecular formula is C19H25N3O2. The lowest BCUT2D eigenvalue weighted by atomic mass is 10.1. The van der Waals surface area contributed by atoms with Gasteiger partial charge < -0.3 is 14.6 Å². The van der Waals surface area contributed by atoms with Crippen LogP contribution >= 0.6 is 0 Å². The lowest BCUT2D eigenvalue weighted by Crippen LogP contribution is -2.44. The Bertz CT molecular complexity index is 720. The lowest BCUT2D eigenvalue weighted by Gasteiger charge is -2.27. The van der Waals surface area contributed by atoms with Gasteiger partial charge in [0, 0.05) is 45.0 Å². The van der Waals surface area contributed by atoms with Gasteiger partial charge in [0.05, 0.1) is 12.1 Å². The van der Waals surface area contributed by atoms with Gasteiger partial charge in [-0.05, 0) is 36.3 Å². The van der Waals surface area contributed by atoms with Crippen LogP contribution in [0.3, 0.4) is 0 Å². The number of para-hydroxylation sites is 1. The molecule has 3 heterocycles.